The molecule has 0 nitrogen and oxygen atoms in total. The van der Waals surface area contributed by atoms with Crippen LogP contribution in [0.2, 0.25) is 0 Å². The highest BCUT2D eigenvalue weighted by molar-refractivity contribution is 5.41. The van der Waals surface area contributed by atoms with Gasteiger partial charge in [0.05, 0.1) is 0 Å². The van der Waals surface area contributed by atoms with Crippen LogP contribution >= 0.6 is 0 Å². The van der Waals surface area contributed by atoms with E-state index in [1.807, 2.05) is 0 Å². The summed E-state index contributed by atoms with van der Waals surface area (Å²) in [6, 6.07) is 25.8. The zero-order valence-corrected chi connectivity index (χ0v) is 24.7. The van der Waals surface area contributed by atoms with E-state index in [4.69, 9.17) is 0 Å². The van der Waals surface area contributed by atoms with E-state index in [1.165, 1.54) is 84.7 Å². The third kappa shape index (κ3) is 6.62. The molecule has 2 saturated carbocycles. The molecule has 2 fully saturated rings. The van der Waals surface area contributed by atoms with Gasteiger partial charge >= 0.3 is 0 Å². The number of aryl methyl sites for hydroxylation is 1. The Kier molecular flexibility index (Phi) is 8.47. The van der Waals surface area contributed by atoms with Crippen molar-refractivity contribution in [3.8, 4) is 0 Å². The van der Waals surface area contributed by atoms with Crippen LogP contribution in [0.4, 0.5) is 0 Å². The molecule has 5 rings (SSSR count). The van der Waals surface area contributed by atoms with Gasteiger partial charge in [-0.05, 0) is 126 Å². The van der Waals surface area contributed by atoms with Crippen molar-refractivity contribution in [3.05, 3.63) is 106 Å². The molecule has 2 aliphatic rings. The fraction of sp³-hybridized carbons (Fsp3) is 0.526. The molecule has 0 spiro atoms. The van der Waals surface area contributed by atoms with E-state index < -0.39 is 0 Å². The number of hydrogen-bond donors (Lipinski definition) is 0. The fourth-order valence-corrected chi connectivity index (χ4v) is 7.46. The molecule has 3 aromatic rings. The highest BCUT2D eigenvalue weighted by Gasteiger charge is 2.30. The summed E-state index contributed by atoms with van der Waals surface area (Å²) in [6.45, 7) is 11.7. The summed E-state index contributed by atoms with van der Waals surface area (Å²) in [6.07, 6.45) is 13.7. The Morgan fingerprint density at radius 1 is 0.632 bits per heavy atom. The zero-order valence-electron chi connectivity index (χ0n) is 24.7. The van der Waals surface area contributed by atoms with Gasteiger partial charge in [0.15, 0.2) is 0 Å². The Balaban J connectivity index is 1.20. The molecule has 38 heavy (non-hydrogen) atoms. The van der Waals surface area contributed by atoms with Crippen molar-refractivity contribution >= 4 is 0 Å². The molecule has 0 bridgehead atoms. The summed E-state index contributed by atoms with van der Waals surface area (Å²) in [5.74, 6) is 3.77. The van der Waals surface area contributed by atoms with Gasteiger partial charge < -0.3 is 0 Å². The third-order valence-electron chi connectivity index (χ3n) is 9.98. The second-order valence-electron chi connectivity index (χ2n) is 13.9. The van der Waals surface area contributed by atoms with Crippen molar-refractivity contribution in [1.82, 2.24) is 0 Å². The Hall–Kier alpha value is -2.34. The summed E-state index contributed by atoms with van der Waals surface area (Å²) in [5.41, 5.74) is 10.4. The predicted molar refractivity (Wildman–Crippen MR) is 164 cm³/mol. The van der Waals surface area contributed by atoms with Gasteiger partial charge in [-0.25, -0.2) is 0 Å². The predicted octanol–water partition coefficient (Wildman–Crippen LogP) is 10.6. The van der Waals surface area contributed by atoms with E-state index in [9.17, 15) is 0 Å². The van der Waals surface area contributed by atoms with Crippen molar-refractivity contribution in [2.75, 3.05) is 0 Å². The Morgan fingerprint density at radius 3 is 1.89 bits per heavy atom. The number of benzene rings is 3. The number of rotatable bonds is 6. The first-order valence-corrected chi connectivity index (χ1v) is 15.5. The average molecular weight is 507 g/mol. The van der Waals surface area contributed by atoms with Crippen LogP contribution in [0.25, 0.3) is 0 Å². The van der Waals surface area contributed by atoms with Gasteiger partial charge in [-0.3, -0.25) is 0 Å². The normalized spacial score (nSPS) is 24.3. The molecule has 0 atom stereocenters. The van der Waals surface area contributed by atoms with Crippen molar-refractivity contribution < 1.29 is 0 Å². The molecule has 3 aromatic carbocycles. The van der Waals surface area contributed by atoms with Crippen LogP contribution in [-0.2, 0) is 18.3 Å². The quantitative estimate of drug-likeness (QED) is 0.312. The van der Waals surface area contributed by atoms with Gasteiger partial charge in [0.25, 0.3) is 0 Å². The maximum atomic E-state index is 2.45. The van der Waals surface area contributed by atoms with E-state index in [0.29, 0.717) is 0 Å². The van der Waals surface area contributed by atoms with Crippen molar-refractivity contribution in [2.45, 2.75) is 110 Å². The average Bonchev–Trinajstić information content (AvgIpc) is 2.91. The molecule has 202 valence electrons. The smallest absolute Gasteiger partial charge is 0.00201 e. The largest absolute Gasteiger partial charge is 0.0625 e. The highest BCUT2D eigenvalue weighted by Crippen LogP contribution is 2.43. The Labute approximate surface area is 233 Å². The van der Waals surface area contributed by atoms with Crippen molar-refractivity contribution in [2.24, 2.45) is 17.8 Å². The molecule has 2 aliphatic carbocycles. The minimum atomic E-state index is 0.164. The highest BCUT2D eigenvalue weighted by atomic mass is 14.4. The van der Waals surface area contributed by atoms with E-state index in [2.05, 4.69) is 101 Å². The molecule has 0 aromatic heterocycles. The van der Waals surface area contributed by atoms with Crippen LogP contribution < -0.4 is 0 Å². The summed E-state index contributed by atoms with van der Waals surface area (Å²) < 4.78 is 0. The van der Waals surface area contributed by atoms with E-state index in [-0.39, 0.29) is 5.41 Å². The monoisotopic (exact) mass is 506 g/mol. The first-order valence-electron chi connectivity index (χ1n) is 15.5. The minimum Gasteiger partial charge on any atom is -0.0625 e. The van der Waals surface area contributed by atoms with Crippen LogP contribution in [-0.4, -0.2) is 0 Å². The molecule has 0 radical (unpaired) electrons. The van der Waals surface area contributed by atoms with Gasteiger partial charge in [0.2, 0.25) is 0 Å². The summed E-state index contributed by atoms with van der Waals surface area (Å²) in [5, 5.41) is 0. The lowest BCUT2D eigenvalue weighted by atomic mass is 9.68. The summed E-state index contributed by atoms with van der Waals surface area (Å²) in [4.78, 5) is 0. The summed E-state index contributed by atoms with van der Waals surface area (Å²) in [7, 11) is 0. The Bertz CT molecular complexity index is 1180. The van der Waals surface area contributed by atoms with Crippen LogP contribution in [0.3, 0.4) is 0 Å². The lowest BCUT2D eigenvalue weighted by Gasteiger charge is -2.37. The van der Waals surface area contributed by atoms with E-state index in [0.717, 1.165) is 36.5 Å². The van der Waals surface area contributed by atoms with E-state index in [1.54, 1.807) is 5.56 Å². The van der Waals surface area contributed by atoms with Gasteiger partial charge in [-0.2, -0.15) is 0 Å². The van der Waals surface area contributed by atoms with Crippen molar-refractivity contribution in [1.29, 1.82) is 0 Å². The topological polar surface area (TPSA) is 0 Å². The standard InChI is InChI=1S/C38H50/c1-27-10-16-31(17-11-27)33-20-22-34(23-21-33)32-18-14-29(15-19-32)24-30-13-12-28(2)36(25-30)26-35-8-6-7-9-37(35)38(3,4)5/h6-9,12-15,18-19,25,27,31,33-34H,10-11,16-17,20-24,26H2,1-5H3. The molecule has 0 heterocycles. The van der Waals surface area contributed by atoms with Crippen LogP contribution in [0.15, 0.2) is 66.7 Å². The fourth-order valence-electron chi connectivity index (χ4n) is 7.46. The maximum absolute atomic E-state index is 2.45. The van der Waals surface area contributed by atoms with Gasteiger partial charge in [-0.1, -0.05) is 107 Å². The van der Waals surface area contributed by atoms with Gasteiger partial charge in [0, 0.05) is 0 Å². The third-order valence-corrected chi connectivity index (χ3v) is 9.98. The van der Waals surface area contributed by atoms with Gasteiger partial charge in [-0.15, -0.1) is 0 Å². The van der Waals surface area contributed by atoms with Gasteiger partial charge in [0.1, 0.15) is 0 Å². The lowest BCUT2D eigenvalue weighted by Crippen LogP contribution is -2.24. The molecular formula is C38H50. The van der Waals surface area contributed by atoms with Crippen LogP contribution in [0.1, 0.15) is 124 Å². The first-order chi connectivity index (χ1) is 18.3. The molecule has 0 N–H and O–H groups in total. The lowest BCUT2D eigenvalue weighted by molar-refractivity contribution is 0.165. The second-order valence-corrected chi connectivity index (χ2v) is 13.9. The summed E-state index contributed by atoms with van der Waals surface area (Å²) >= 11 is 0. The molecule has 0 unspecified atom stereocenters. The first kappa shape index (κ1) is 27.2. The Morgan fingerprint density at radius 2 is 1.24 bits per heavy atom. The molecule has 0 heteroatoms. The van der Waals surface area contributed by atoms with Crippen molar-refractivity contribution in [3.63, 3.8) is 0 Å². The second kappa shape index (κ2) is 11.8. The van der Waals surface area contributed by atoms with Crippen LogP contribution in [0, 0.1) is 24.7 Å². The van der Waals surface area contributed by atoms with Crippen LogP contribution in [0.5, 0.6) is 0 Å². The molecular weight excluding hydrogens is 456 g/mol. The molecule has 0 aliphatic heterocycles. The maximum Gasteiger partial charge on any atom is -0.00201 e. The van der Waals surface area contributed by atoms with E-state index >= 15 is 0 Å². The minimum absolute atomic E-state index is 0.164. The molecule has 0 saturated heterocycles. The number of hydrogen-bond acceptors (Lipinski definition) is 0. The zero-order chi connectivity index (χ0) is 26.7. The SMILES string of the molecule is Cc1ccc(Cc2ccc(C3CCC(C4CCC(C)CC4)CC3)cc2)cc1Cc1ccccc1C(C)(C)C. The molecule has 0 amide bonds.